The molecule has 4 aromatic carbocycles. The fourth-order valence-corrected chi connectivity index (χ4v) is 6.01. The van der Waals surface area contributed by atoms with E-state index in [2.05, 4.69) is 0 Å². The molecular formula is C42H38FNO8. The molecule has 0 spiro atoms. The predicted octanol–water partition coefficient (Wildman–Crippen LogP) is 8.11. The number of amides is 1. The number of ketones is 3. The van der Waals surface area contributed by atoms with Crippen molar-refractivity contribution in [2.24, 2.45) is 11.8 Å². The summed E-state index contributed by atoms with van der Waals surface area (Å²) in [5.74, 6) is -2.55. The van der Waals surface area contributed by atoms with Gasteiger partial charge in [0.1, 0.15) is 23.1 Å². The van der Waals surface area contributed by atoms with E-state index in [0.29, 0.717) is 49.0 Å². The van der Waals surface area contributed by atoms with E-state index in [4.69, 9.17) is 9.47 Å². The molecule has 9 nitrogen and oxygen atoms in total. The number of hydrogen-bond acceptors (Lipinski definition) is 8. The smallest absolute Gasteiger partial charge is 0.343 e. The highest BCUT2D eigenvalue weighted by molar-refractivity contribution is 6.08. The van der Waals surface area contributed by atoms with Crippen LogP contribution < -0.4 is 14.4 Å². The summed E-state index contributed by atoms with van der Waals surface area (Å²) >= 11 is 0. The molecule has 10 heteroatoms. The summed E-state index contributed by atoms with van der Waals surface area (Å²) in [4.78, 5) is 77.4. The van der Waals surface area contributed by atoms with E-state index < -0.39 is 29.5 Å². The van der Waals surface area contributed by atoms with E-state index in [1.165, 1.54) is 85.8 Å². The van der Waals surface area contributed by atoms with Gasteiger partial charge in [-0.05, 0) is 150 Å². The molecule has 5 rings (SSSR count). The number of anilines is 1. The van der Waals surface area contributed by atoms with Gasteiger partial charge in [0.05, 0.1) is 11.5 Å². The summed E-state index contributed by atoms with van der Waals surface area (Å²) in [6.07, 6.45) is 4.91. The van der Waals surface area contributed by atoms with Crippen molar-refractivity contribution in [1.29, 1.82) is 0 Å². The first-order valence-electron chi connectivity index (χ1n) is 17.0. The fourth-order valence-electron chi connectivity index (χ4n) is 6.01. The average molecular weight is 704 g/mol. The molecule has 1 saturated carbocycles. The molecule has 266 valence electrons. The first-order valence-corrected chi connectivity index (χ1v) is 17.0. The van der Waals surface area contributed by atoms with Crippen molar-refractivity contribution in [1.82, 2.24) is 0 Å². The van der Waals surface area contributed by atoms with Crippen LogP contribution in [0.5, 0.6) is 11.5 Å². The molecule has 52 heavy (non-hydrogen) atoms. The number of ether oxygens (including phenoxy) is 2. The number of carbonyl (C=O) groups is 6. The van der Waals surface area contributed by atoms with E-state index in [-0.39, 0.29) is 51.6 Å². The number of halogens is 1. The van der Waals surface area contributed by atoms with Gasteiger partial charge in [0.25, 0.3) is 5.91 Å². The van der Waals surface area contributed by atoms with Gasteiger partial charge in [-0.1, -0.05) is 0 Å². The van der Waals surface area contributed by atoms with Crippen LogP contribution in [0.3, 0.4) is 0 Å². The van der Waals surface area contributed by atoms with Gasteiger partial charge in [-0.15, -0.1) is 0 Å². The van der Waals surface area contributed by atoms with Crippen LogP contribution >= 0.6 is 0 Å². The lowest BCUT2D eigenvalue weighted by molar-refractivity contribution is -0.141. The maximum absolute atomic E-state index is 13.4. The molecule has 0 unspecified atom stereocenters. The molecule has 1 fully saturated rings. The van der Waals surface area contributed by atoms with Crippen molar-refractivity contribution in [2.45, 2.75) is 46.5 Å². The molecule has 0 heterocycles. The van der Waals surface area contributed by atoms with Gasteiger partial charge in [0.2, 0.25) is 0 Å². The van der Waals surface area contributed by atoms with Gasteiger partial charge in [0, 0.05) is 40.4 Å². The minimum Gasteiger partial charge on any atom is -0.426 e. The van der Waals surface area contributed by atoms with Gasteiger partial charge in [-0.2, -0.15) is 0 Å². The minimum absolute atomic E-state index is 0.0609. The second-order valence-corrected chi connectivity index (χ2v) is 12.6. The second-order valence-electron chi connectivity index (χ2n) is 12.6. The lowest BCUT2D eigenvalue weighted by Crippen LogP contribution is -2.30. The Bertz CT molecular complexity index is 2010. The Morgan fingerprint density at radius 2 is 1.29 bits per heavy atom. The van der Waals surface area contributed by atoms with Gasteiger partial charge >= 0.3 is 11.9 Å². The molecule has 0 aromatic heterocycles. The van der Waals surface area contributed by atoms with E-state index in [1.807, 2.05) is 6.92 Å². The van der Waals surface area contributed by atoms with Crippen molar-refractivity contribution < 1.29 is 42.6 Å². The number of Topliss-reactive ketones (excluding diaryl/α,β-unsaturated/α-hetero) is 2. The van der Waals surface area contributed by atoms with Crippen LogP contribution in [-0.2, 0) is 9.59 Å². The third-order valence-corrected chi connectivity index (χ3v) is 9.10. The lowest BCUT2D eigenvalue weighted by atomic mass is 9.80. The van der Waals surface area contributed by atoms with E-state index in [9.17, 15) is 33.2 Å². The van der Waals surface area contributed by atoms with E-state index in [1.54, 1.807) is 36.1 Å². The van der Waals surface area contributed by atoms with Crippen LogP contribution in [0.1, 0.15) is 93.4 Å². The number of rotatable bonds is 12. The number of allylic oxidation sites excluding steroid dienone is 1. The van der Waals surface area contributed by atoms with Crippen molar-refractivity contribution in [2.75, 3.05) is 11.4 Å². The summed E-state index contributed by atoms with van der Waals surface area (Å²) in [7, 11) is 0. The first kappa shape index (κ1) is 37.2. The summed E-state index contributed by atoms with van der Waals surface area (Å²) in [6, 6.07) is 22.2. The Balaban J connectivity index is 1.32. The maximum atomic E-state index is 13.4. The van der Waals surface area contributed by atoms with Crippen LogP contribution in [0.15, 0.2) is 97.1 Å². The Kier molecular flexibility index (Phi) is 12.0. The van der Waals surface area contributed by atoms with Gasteiger partial charge in [-0.3, -0.25) is 24.0 Å². The highest BCUT2D eigenvalue weighted by atomic mass is 19.1. The zero-order valence-electron chi connectivity index (χ0n) is 29.1. The number of benzene rings is 4. The monoisotopic (exact) mass is 703 g/mol. The van der Waals surface area contributed by atoms with Crippen molar-refractivity contribution >= 4 is 47.0 Å². The molecule has 1 aliphatic rings. The standard InChI is InChI=1S/C42H38FNO8/c1-4-44(36-20-15-29(16-21-36)27(3)46)40(48)31-7-11-32(12-8-31)41(49)51-37-22-24-39(52-42(50)33-9-5-28(6-10-33)26(2)45)34(25-37)17-23-38(47)30-13-18-35(43)19-14-30/h7-8,11-25,28,33H,4-6,9-10H2,1-3H3/b23-17+. The van der Waals surface area contributed by atoms with Gasteiger partial charge < -0.3 is 14.4 Å². The molecule has 0 radical (unpaired) electrons. The summed E-state index contributed by atoms with van der Waals surface area (Å²) in [5, 5.41) is 0. The van der Waals surface area contributed by atoms with E-state index >= 15 is 0 Å². The third-order valence-electron chi connectivity index (χ3n) is 9.10. The predicted molar refractivity (Wildman–Crippen MR) is 193 cm³/mol. The van der Waals surface area contributed by atoms with Gasteiger partial charge in [-0.25, -0.2) is 9.18 Å². The number of nitrogens with zero attached hydrogens (tertiary/aromatic N) is 1. The zero-order chi connectivity index (χ0) is 37.4. The molecular weight excluding hydrogens is 665 g/mol. The third kappa shape index (κ3) is 9.19. The van der Waals surface area contributed by atoms with Crippen LogP contribution in [0.2, 0.25) is 0 Å². The quantitative estimate of drug-likeness (QED) is 0.0628. The normalized spacial score (nSPS) is 15.5. The molecule has 0 atom stereocenters. The average Bonchev–Trinajstić information content (AvgIpc) is 3.15. The highest BCUT2D eigenvalue weighted by Gasteiger charge is 2.30. The molecule has 1 amide bonds. The van der Waals surface area contributed by atoms with Crippen molar-refractivity contribution in [3.63, 3.8) is 0 Å². The minimum atomic E-state index is -0.713. The molecule has 0 saturated heterocycles. The largest absolute Gasteiger partial charge is 0.426 e. The maximum Gasteiger partial charge on any atom is 0.343 e. The number of hydrogen-bond donors (Lipinski definition) is 0. The molecule has 0 bridgehead atoms. The number of carbonyl (C=O) groups excluding carboxylic acids is 6. The van der Waals surface area contributed by atoms with Crippen LogP contribution in [0, 0.1) is 17.7 Å². The SMILES string of the molecule is CCN(C(=O)c1ccc(C(=O)Oc2ccc(OC(=O)C3CCC(C(C)=O)CC3)c(/C=C/C(=O)c3ccc(F)cc3)c2)cc1)c1ccc(C(C)=O)cc1. The van der Waals surface area contributed by atoms with E-state index in [0.717, 1.165) is 0 Å². The number of esters is 2. The lowest BCUT2D eigenvalue weighted by Gasteiger charge is -2.25. The van der Waals surface area contributed by atoms with Crippen LogP contribution in [-0.4, -0.2) is 41.7 Å². The van der Waals surface area contributed by atoms with Gasteiger partial charge in [0.15, 0.2) is 11.6 Å². The molecule has 0 aliphatic heterocycles. The Morgan fingerprint density at radius 1 is 0.712 bits per heavy atom. The Hall–Kier alpha value is -6.03. The Labute approximate surface area is 301 Å². The summed E-state index contributed by atoms with van der Waals surface area (Å²) < 4.78 is 24.8. The summed E-state index contributed by atoms with van der Waals surface area (Å²) in [6.45, 7) is 5.23. The highest BCUT2D eigenvalue weighted by Crippen LogP contribution is 2.33. The molecule has 0 N–H and O–H groups in total. The topological polar surface area (TPSA) is 124 Å². The van der Waals surface area contributed by atoms with Crippen LogP contribution in [0.25, 0.3) is 6.08 Å². The van der Waals surface area contributed by atoms with Crippen molar-refractivity contribution in [3.8, 4) is 11.5 Å². The molecule has 4 aromatic rings. The van der Waals surface area contributed by atoms with Crippen LogP contribution in [0.4, 0.5) is 10.1 Å². The molecule has 1 aliphatic carbocycles. The first-order chi connectivity index (χ1) is 24.9. The zero-order valence-corrected chi connectivity index (χ0v) is 29.1. The Morgan fingerprint density at radius 3 is 1.88 bits per heavy atom. The van der Waals surface area contributed by atoms with Crippen molar-refractivity contribution in [3.05, 3.63) is 131 Å². The summed E-state index contributed by atoms with van der Waals surface area (Å²) in [5.41, 5.74) is 2.20. The fraction of sp³-hybridized carbons (Fsp3) is 0.238. The second kappa shape index (κ2) is 16.8.